The summed E-state index contributed by atoms with van der Waals surface area (Å²) >= 11 is 0. The molecule has 1 N–H and O–H groups in total. The Hall–Kier alpha value is -2.36. The molecule has 0 unspecified atom stereocenters. The maximum atomic E-state index is 12.4. The number of ether oxygens (including phenoxy) is 1. The van der Waals surface area contributed by atoms with Gasteiger partial charge >= 0.3 is 0 Å². The summed E-state index contributed by atoms with van der Waals surface area (Å²) in [5.41, 5.74) is 3.10. The van der Waals surface area contributed by atoms with Gasteiger partial charge in [0, 0.05) is 23.9 Å². The Morgan fingerprint density at radius 1 is 1.08 bits per heavy atom. The summed E-state index contributed by atoms with van der Waals surface area (Å²) < 4.78 is 5.90. The van der Waals surface area contributed by atoms with E-state index < -0.39 is 0 Å². The second-order valence-corrected chi connectivity index (χ2v) is 6.53. The van der Waals surface area contributed by atoms with Crippen LogP contribution >= 0.6 is 0 Å². The zero-order valence-corrected chi connectivity index (χ0v) is 14.3. The zero-order valence-electron chi connectivity index (χ0n) is 14.3. The second-order valence-electron chi connectivity index (χ2n) is 6.53. The standard InChI is InChI=1S/C20H24N2O2/c1-14-6-7-16(13-15(14)2)20(23)22-17-8-10-18(11-9-17)24-19-5-3-4-12-21-19/h3-7,12-13,17-18H,8-11H2,1-2H3,(H,22,23). The lowest BCUT2D eigenvalue weighted by atomic mass is 9.92. The van der Waals surface area contributed by atoms with Gasteiger partial charge in [0.25, 0.3) is 5.91 Å². The topological polar surface area (TPSA) is 51.2 Å². The van der Waals surface area contributed by atoms with Crippen LogP contribution in [0.25, 0.3) is 0 Å². The number of pyridine rings is 1. The normalized spacial score (nSPS) is 20.4. The molecule has 1 aromatic carbocycles. The van der Waals surface area contributed by atoms with Crippen molar-refractivity contribution in [3.05, 3.63) is 59.3 Å². The number of carbonyl (C=O) groups excluding carboxylic acids is 1. The second kappa shape index (κ2) is 7.47. The fourth-order valence-corrected chi connectivity index (χ4v) is 3.06. The van der Waals surface area contributed by atoms with Gasteiger partial charge in [0.1, 0.15) is 6.10 Å². The molecule has 0 bridgehead atoms. The van der Waals surface area contributed by atoms with E-state index in [1.165, 1.54) is 5.56 Å². The molecule has 4 nitrogen and oxygen atoms in total. The van der Waals surface area contributed by atoms with Crippen LogP contribution in [0.15, 0.2) is 42.6 Å². The Kier molecular flexibility index (Phi) is 5.14. The summed E-state index contributed by atoms with van der Waals surface area (Å²) in [5.74, 6) is 0.701. The number of benzene rings is 1. The number of amides is 1. The smallest absolute Gasteiger partial charge is 0.251 e. The molecule has 0 aliphatic heterocycles. The van der Waals surface area contributed by atoms with Gasteiger partial charge in [-0.25, -0.2) is 4.98 Å². The van der Waals surface area contributed by atoms with Crippen molar-refractivity contribution in [2.24, 2.45) is 0 Å². The molecule has 126 valence electrons. The van der Waals surface area contributed by atoms with Gasteiger partial charge in [-0.05, 0) is 68.9 Å². The minimum Gasteiger partial charge on any atom is -0.474 e. The van der Waals surface area contributed by atoms with Crippen molar-refractivity contribution in [3.63, 3.8) is 0 Å². The van der Waals surface area contributed by atoms with Crippen molar-refractivity contribution >= 4 is 5.91 Å². The van der Waals surface area contributed by atoms with Gasteiger partial charge in [0.15, 0.2) is 0 Å². The zero-order chi connectivity index (χ0) is 16.9. The fourth-order valence-electron chi connectivity index (χ4n) is 3.06. The minimum atomic E-state index is 0.0206. The van der Waals surface area contributed by atoms with E-state index in [4.69, 9.17) is 4.74 Å². The third-order valence-electron chi connectivity index (χ3n) is 4.70. The first-order valence-corrected chi connectivity index (χ1v) is 8.57. The fraction of sp³-hybridized carbons (Fsp3) is 0.400. The molecule has 24 heavy (non-hydrogen) atoms. The highest BCUT2D eigenvalue weighted by molar-refractivity contribution is 5.94. The molecule has 1 aromatic heterocycles. The quantitative estimate of drug-likeness (QED) is 0.930. The molecule has 4 heteroatoms. The van der Waals surface area contributed by atoms with Crippen molar-refractivity contribution in [1.29, 1.82) is 0 Å². The maximum absolute atomic E-state index is 12.4. The van der Waals surface area contributed by atoms with Gasteiger partial charge < -0.3 is 10.1 Å². The Morgan fingerprint density at radius 2 is 1.88 bits per heavy atom. The van der Waals surface area contributed by atoms with Crippen molar-refractivity contribution in [1.82, 2.24) is 10.3 Å². The lowest BCUT2D eigenvalue weighted by Crippen LogP contribution is -2.39. The third-order valence-corrected chi connectivity index (χ3v) is 4.70. The predicted octanol–water partition coefficient (Wildman–Crippen LogP) is 3.82. The Balaban J connectivity index is 1.50. The van der Waals surface area contributed by atoms with Gasteiger partial charge in [-0.2, -0.15) is 0 Å². The number of nitrogens with zero attached hydrogens (tertiary/aromatic N) is 1. The molecule has 0 spiro atoms. The average molecular weight is 324 g/mol. The number of aromatic nitrogens is 1. The highest BCUT2D eigenvalue weighted by Gasteiger charge is 2.24. The van der Waals surface area contributed by atoms with Crippen LogP contribution in [0.5, 0.6) is 5.88 Å². The molecule has 1 heterocycles. The number of rotatable bonds is 4. The Labute approximate surface area is 143 Å². The number of aryl methyl sites for hydroxylation is 2. The van der Waals surface area contributed by atoms with Gasteiger partial charge in [-0.1, -0.05) is 12.1 Å². The van der Waals surface area contributed by atoms with E-state index in [1.54, 1.807) is 6.20 Å². The van der Waals surface area contributed by atoms with Crippen LogP contribution in [0.4, 0.5) is 0 Å². The van der Waals surface area contributed by atoms with Crippen LogP contribution in [-0.2, 0) is 0 Å². The highest BCUT2D eigenvalue weighted by Crippen LogP contribution is 2.23. The van der Waals surface area contributed by atoms with E-state index in [2.05, 4.69) is 17.2 Å². The van der Waals surface area contributed by atoms with E-state index in [0.29, 0.717) is 5.88 Å². The molecule has 1 aliphatic rings. The van der Waals surface area contributed by atoms with Gasteiger partial charge in [0.2, 0.25) is 5.88 Å². The van der Waals surface area contributed by atoms with Crippen molar-refractivity contribution in [2.45, 2.75) is 51.7 Å². The molecule has 0 radical (unpaired) electrons. The van der Waals surface area contributed by atoms with E-state index in [0.717, 1.165) is 36.8 Å². The van der Waals surface area contributed by atoms with Gasteiger partial charge in [-0.15, -0.1) is 0 Å². The molecule has 1 aliphatic carbocycles. The van der Waals surface area contributed by atoms with E-state index >= 15 is 0 Å². The van der Waals surface area contributed by atoms with E-state index in [-0.39, 0.29) is 18.1 Å². The molecule has 2 aromatic rings. The van der Waals surface area contributed by atoms with Crippen LogP contribution in [0.2, 0.25) is 0 Å². The summed E-state index contributed by atoms with van der Waals surface area (Å²) in [4.78, 5) is 16.6. The Morgan fingerprint density at radius 3 is 2.54 bits per heavy atom. The minimum absolute atomic E-state index is 0.0206. The van der Waals surface area contributed by atoms with E-state index in [9.17, 15) is 4.79 Å². The first-order valence-electron chi connectivity index (χ1n) is 8.57. The van der Waals surface area contributed by atoms with Crippen molar-refractivity contribution in [2.75, 3.05) is 0 Å². The summed E-state index contributed by atoms with van der Waals surface area (Å²) in [7, 11) is 0. The summed E-state index contributed by atoms with van der Waals surface area (Å²) in [6.07, 6.45) is 5.69. The molecule has 3 rings (SSSR count). The first-order chi connectivity index (χ1) is 11.6. The third kappa shape index (κ3) is 4.13. The van der Waals surface area contributed by atoms with Gasteiger partial charge in [0.05, 0.1) is 0 Å². The molecule has 1 fully saturated rings. The summed E-state index contributed by atoms with van der Waals surface area (Å²) in [6, 6.07) is 11.8. The largest absolute Gasteiger partial charge is 0.474 e. The number of hydrogen-bond acceptors (Lipinski definition) is 3. The lowest BCUT2D eigenvalue weighted by molar-refractivity contribution is 0.0890. The lowest BCUT2D eigenvalue weighted by Gasteiger charge is -2.29. The van der Waals surface area contributed by atoms with Crippen LogP contribution < -0.4 is 10.1 Å². The summed E-state index contributed by atoms with van der Waals surface area (Å²) in [5, 5.41) is 3.16. The monoisotopic (exact) mass is 324 g/mol. The van der Waals surface area contributed by atoms with Crippen LogP contribution in [-0.4, -0.2) is 23.0 Å². The predicted molar refractivity (Wildman–Crippen MR) is 94.3 cm³/mol. The average Bonchev–Trinajstić information content (AvgIpc) is 2.60. The molecular formula is C20H24N2O2. The first kappa shape index (κ1) is 16.5. The molecule has 0 saturated heterocycles. The molecule has 0 atom stereocenters. The van der Waals surface area contributed by atoms with Crippen LogP contribution in [0.1, 0.15) is 47.2 Å². The van der Waals surface area contributed by atoms with Crippen LogP contribution in [0.3, 0.4) is 0 Å². The number of carbonyl (C=O) groups is 1. The van der Waals surface area contributed by atoms with Crippen LogP contribution in [0, 0.1) is 13.8 Å². The van der Waals surface area contributed by atoms with E-state index in [1.807, 2.05) is 43.3 Å². The molecular weight excluding hydrogens is 300 g/mol. The molecule has 1 saturated carbocycles. The SMILES string of the molecule is Cc1ccc(C(=O)NC2CCC(Oc3ccccn3)CC2)cc1C. The maximum Gasteiger partial charge on any atom is 0.251 e. The number of nitrogens with one attached hydrogen (secondary N) is 1. The van der Waals surface area contributed by atoms with Crippen molar-refractivity contribution in [3.8, 4) is 5.88 Å². The summed E-state index contributed by atoms with van der Waals surface area (Å²) in [6.45, 7) is 4.09. The van der Waals surface area contributed by atoms with Crippen molar-refractivity contribution < 1.29 is 9.53 Å². The number of hydrogen-bond donors (Lipinski definition) is 1. The Bertz CT molecular complexity index is 692. The van der Waals surface area contributed by atoms with Gasteiger partial charge in [-0.3, -0.25) is 4.79 Å². The highest BCUT2D eigenvalue weighted by atomic mass is 16.5. The molecule has 1 amide bonds.